The average molecular weight is 207 g/mol. The number of furan rings is 1. The van der Waals surface area contributed by atoms with Gasteiger partial charge in [-0.25, -0.2) is 0 Å². The van der Waals surface area contributed by atoms with E-state index >= 15 is 0 Å². The van der Waals surface area contributed by atoms with Gasteiger partial charge in [-0.05, 0) is 18.6 Å². The second-order valence-electron chi connectivity index (χ2n) is 3.53. The summed E-state index contributed by atoms with van der Waals surface area (Å²) in [5.41, 5.74) is 6.50. The molecule has 0 bridgehead atoms. The quantitative estimate of drug-likeness (QED) is 0.828. The summed E-state index contributed by atoms with van der Waals surface area (Å²) in [4.78, 5) is 4.23. The first kappa shape index (κ1) is 9.92. The van der Waals surface area contributed by atoms with Gasteiger partial charge in [-0.2, -0.15) is 4.98 Å². The number of nitrogens with zero attached hydrogens (tertiary/aromatic N) is 2. The van der Waals surface area contributed by atoms with Crippen LogP contribution >= 0.6 is 0 Å². The van der Waals surface area contributed by atoms with Gasteiger partial charge in [0.2, 0.25) is 11.7 Å². The minimum absolute atomic E-state index is 0.0709. The molecule has 0 aliphatic heterocycles. The number of aromatic nitrogens is 2. The Morgan fingerprint density at radius 3 is 2.93 bits per heavy atom. The Balaban J connectivity index is 2.32. The van der Waals surface area contributed by atoms with E-state index in [1.54, 1.807) is 6.26 Å². The largest absolute Gasteiger partial charge is 0.461 e. The van der Waals surface area contributed by atoms with E-state index in [9.17, 15) is 0 Å². The Bertz CT molecular complexity index is 447. The summed E-state index contributed by atoms with van der Waals surface area (Å²) >= 11 is 0. The van der Waals surface area contributed by atoms with Crippen molar-refractivity contribution in [3.63, 3.8) is 0 Å². The Labute approximate surface area is 87.3 Å². The molecule has 5 nitrogen and oxygen atoms in total. The lowest BCUT2D eigenvalue weighted by Gasteiger charge is -1.98. The SMILES string of the molecule is Cc1ccoc1-c1noc(C(C)CN)n1. The molecule has 5 heteroatoms. The average Bonchev–Trinajstić information content (AvgIpc) is 2.84. The zero-order chi connectivity index (χ0) is 10.8. The molecule has 2 aromatic rings. The lowest BCUT2D eigenvalue weighted by Crippen LogP contribution is -2.08. The normalized spacial score (nSPS) is 13.0. The molecular weight excluding hydrogens is 194 g/mol. The van der Waals surface area contributed by atoms with Crippen LogP contribution in [0.5, 0.6) is 0 Å². The van der Waals surface area contributed by atoms with Crippen molar-refractivity contribution in [1.29, 1.82) is 0 Å². The van der Waals surface area contributed by atoms with E-state index < -0.39 is 0 Å². The highest BCUT2D eigenvalue weighted by Crippen LogP contribution is 2.22. The van der Waals surface area contributed by atoms with Crippen LogP contribution in [0.25, 0.3) is 11.6 Å². The second-order valence-corrected chi connectivity index (χ2v) is 3.53. The first-order valence-corrected chi connectivity index (χ1v) is 4.80. The van der Waals surface area contributed by atoms with Crippen LogP contribution in [0.2, 0.25) is 0 Å². The number of hydrogen-bond donors (Lipinski definition) is 1. The maximum Gasteiger partial charge on any atom is 0.238 e. The number of aryl methyl sites for hydroxylation is 1. The molecule has 0 saturated heterocycles. The van der Waals surface area contributed by atoms with Crippen LogP contribution in [0.1, 0.15) is 24.3 Å². The molecule has 2 heterocycles. The molecule has 0 saturated carbocycles. The van der Waals surface area contributed by atoms with Crippen molar-refractivity contribution >= 4 is 0 Å². The van der Waals surface area contributed by atoms with Crippen molar-refractivity contribution in [2.24, 2.45) is 5.73 Å². The van der Waals surface area contributed by atoms with E-state index in [2.05, 4.69) is 10.1 Å². The minimum atomic E-state index is 0.0709. The topological polar surface area (TPSA) is 78.1 Å². The second kappa shape index (κ2) is 3.86. The number of rotatable bonds is 3. The van der Waals surface area contributed by atoms with Crippen LogP contribution < -0.4 is 5.73 Å². The highest BCUT2D eigenvalue weighted by Gasteiger charge is 2.16. The van der Waals surface area contributed by atoms with E-state index in [0.29, 0.717) is 24.0 Å². The standard InChI is InChI=1S/C10H13N3O2/c1-6-3-4-14-8(6)9-12-10(15-13-9)7(2)5-11/h3-4,7H,5,11H2,1-2H3. The zero-order valence-electron chi connectivity index (χ0n) is 8.73. The van der Waals surface area contributed by atoms with Crippen molar-refractivity contribution in [2.45, 2.75) is 19.8 Å². The molecule has 15 heavy (non-hydrogen) atoms. The van der Waals surface area contributed by atoms with Crippen LogP contribution in [0.3, 0.4) is 0 Å². The third kappa shape index (κ3) is 1.78. The molecule has 1 unspecified atom stereocenters. The third-order valence-corrected chi connectivity index (χ3v) is 2.28. The number of nitrogens with two attached hydrogens (primary N) is 1. The summed E-state index contributed by atoms with van der Waals surface area (Å²) in [5.74, 6) is 1.74. The lowest BCUT2D eigenvalue weighted by molar-refractivity contribution is 0.360. The van der Waals surface area contributed by atoms with Gasteiger partial charge in [-0.15, -0.1) is 0 Å². The smallest absolute Gasteiger partial charge is 0.238 e. The summed E-state index contributed by atoms with van der Waals surface area (Å²) in [5, 5.41) is 3.85. The Hall–Kier alpha value is -1.62. The van der Waals surface area contributed by atoms with Crippen LogP contribution in [-0.2, 0) is 0 Å². The van der Waals surface area contributed by atoms with E-state index in [-0.39, 0.29) is 5.92 Å². The monoisotopic (exact) mass is 207 g/mol. The predicted molar refractivity (Wildman–Crippen MR) is 54.2 cm³/mol. The molecule has 0 aliphatic carbocycles. The lowest BCUT2D eigenvalue weighted by atomic mass is 10.2. The molecule has 1 atom stereocenters. The van der Waals surface area contributed by atoms with E-state index in [1.165, 1.54) is 0 Å². The van der Waals surface area contributed by atoms with Crippen molar-refractivity contribution in [3.05, 3.63) is 23.8 Å². The van der Waals surface area contributed by atoms with E-state index in [4.69, 9.17) is 14.7 Å². The van der Waals surface area contributed by atoms with Crippen molar-refractivity contribution in [2.75, 3.05) is 6.54 Å². The van der Waals surface area contributed by atoms with Gasteiger partial charge in [0.05, 0.1) is 6.26 Å². The predicted octanol–water partition coefficient (Wildman–Crippen LogP) is 1.70. The summed E-state index contributed by atoms with van der Waals surface area (Å²) in [6.07, 6.45) is 1.60. The molecule has 80 valence electrons. The number of hydrogen-bond acceptors (Lipinski definition) is 5. The van der Waals surface area contributed by atoms with Crippen LogP contribution in [0, 0.1) is 6.92 Å². The summed E-state index contributed by atoms with van der Waals surface area (Å²) < 4.78 is 10.4. The molecular formula is C10H13N3O2. The fraction of sp³-hybridized carbons (Fsp3) is 0.400. The zero-order valence-corrected chi connectivity index (χ0v) is 8.73. The van der Waals surface area contributed by atoms with Crippen molar-refractivity contribution in [1.82, 2.24) is 10.1 Å². The Kier molecular flexibility index (Phi) is 2.55. The summed E-state index contributed by atoms with van der Waals surface area (Å²) in [6.45, 7) is 4.35. The molecule has 0 fully saturated rings. The first-order chi connectivity index (χ1) is 7.22. The molecule has 0 amide bonds. The molecule has 0 spiro atoms. The Morgan fingerprint density at radius 2 is 2.33 bits per heavy atom. The fourth-order valence-corrected chi connectivity index (χ4v) is 1.23. The van der Waals surface area contributed by atoms with Gasteiger partial charge in [0.25, 0.3) is 0 Å². The highest BCUT2D eigenvalue weighted by molar-refractivity contribution is 5.51. The van der Waals surface area contributed by atoms with Gasteiger partial charge in [-0.1, -0.05) is 12.1 Å². The van der Waals surface area contributed by atoms with Crippen LogP contribution in [0.15, 0.2) is 21.3 Å². The van der Waals surface area contributed by atoms with Gasteiger partial charge in [0.1, 0.15) is 0 Å². The minimum Gasteiger partial charge on any atom is -0.461 e. The summed E-state index contributed by atoms with van der Waals surface area (Å²) in [7, 11) is 0. The maximum atomic E-state index is 5.51. The van der Waals surface area contributed by atoms with E-state index in [0.717, 1.165) is 5.56 Å². The third-order valence-electron chi connectivity index (χ3n) is 2.28. The Morgan fingerprint density at radius 1 is 1.53 bits per heavy atom. The molecule has 2 aromatic heterocycles. The molecule has 0 aromatic carbocycles. The van der Waals surface area contributed by atoms with Crippen LogP contribution in [-0.4, -0.2) is 16.7 Å². The van der Waals surface area contributed by atoms with Crippen molar-refractivity contribution < 1.29 is 8.94 Å². The van der Waals surface area contributed by atoms with Crippen molar-refractivity contribution in [3.8, 4) is 11.6 Å². The van der Waals surface area contributed by atoms with Crippen LogP contribution in [0.4, 0.5) is 0 Å². The van der Waals surface area contributed by atoms with Gasteiger partial charge < -0.3 is 14.7 Å². The molecule has 2 N–H and O–H groups in total. The summed E-state index contributed by atoms with van der Waals surface area (Å²) in [6, 6.07) is 1.86. The maximum absolute atomic E-state index is 5.51. The highest BCUT2D eigenvalue weighted by atomic mass is 16.5. The molecule has 0 aliphatic rings. The fourth-order valence-electron chi connectivity index (χ4n) is 1.23. The van der Waals surface area contributed by atoms with Gasteiger partial charge >= 0.3 is 0 Å². The van der Waals surface area contributed by atoms with Gasteiger partial charge in [0.15, 0.2) is 5.76 Å². The molecule has 0 radical (unpaired) electrons. The van der Waals surface area contributed by atoms with Gasteiger partial charge in [0, 0.05) is 12.5 Å². The first-order valence-electron chi connectivity index (χ1n) is 4.80. The van der Waals surface area contributed by atoms with E-state index in [1.807, 2.05) is 19.9 Å². The molecule has 2 rings (SSSR count). The van der Waals surface area contributed by atoms with Gasteiger partial charge in [-0.3, -0.25) is 0 Å².